The van der Waals surface area contributed by atoms with Crippen molar-refractivity contribution >= 4 is 23.7 Å². The molecule has 0 spiro atoms. The number of nitrogens with one attached hydrogen (secondary N) is 1. The molecule has 3 rings (SSSR count). The summed E-state index contributed by atoms with van der Waals surface area (Å²) in [4.78, 5) is 12.6. The second kappa shape index (κ2) is 13.2. The summed E-state index contributed by atoms with van der Waals surface area (Å²) in [6.45, 7) is 7.49. The topological polar surface area (TPSA) is 78.4 Å². The summed E-state index contributed by atoms with van der Waals surface area (Å²) in [5.41, 5.74) is 4.69. The zero-order chi connectivity index (χ0) is 25.0. The van der Waals surface area contributed by atoms with E-state index in [0.29, 0.717) is 60.0 Å². The number of carbonyl (C=O) groups excluding carboxylic acids is 1. The Morgan fingerprint density at radius 1 is 0.800 bits per heavy atom. The lowest BCUT2D eigenvalue weighted by molar-refractivity contribution is 0.0954. The van der Waals surface area contributed by atoms with Crippen LogP contribution in [0.15, 0.2) is 65.8 Å². The Morgan fingerprint density at radius 3 is 2.09 bits per heavy atom. The molecule has 0 radical (unpaired) electrons. The number of ether oxygens (including phenoxy) is 4. The Balaban J connectivity index is 1.65. The van der Waals surface area contributed by atoms with Gasteiger partial charge in [0.05, 0.1) is 26.0 Å². The van der Waals surface area contributed by atoms with Crippen LogP contribution >= 0.6 is 11.6 Å². The molecule has 0 saturated carbocycles. The van der Waals surface area contributed by atoms with Gasteiger partial charge in [-0.3, -0.25) is 4.79 Å². The van der Waals surface area contributed by atoms with Crippen molar-refractivity contribution in [1.82, 2.24) is 5.43 Å². The van der Waals surface area contributed by atoms with E-state index in [9.17, 15) is 4.79 Å². The van der Waals surface area contributed by atoms with E-state index in [-0.39, 0.29) is 5.91 Å². The highest BCUT2D eigenvalue weighted by Gasteiger charge is 2.11. The fraction of sp³-hybridized carbons (Fsp3) is 0.259. The first-order valence-electron chi connectivity index (χ1n) is 11.4. The van der Waals surface area contributed by atoms with Crippen molar-refractivity contribution in [3.8, 4) is 23.0 Å². The third kappa shape index (κ3) is 7.65. The fourth-order valence-corrected chi connectivity index (χ4v) is 3.28. The maximum absolute atomic E-state index is 12.6. The minimum Gasteiger partial charge on any atom is -0.490 e. The molecule has 184 valence electrons. The van der Waals surface area contributed by atoms with Gasteiger partial charge in [0.2, 0.25) is 0 Å². The van der Waals surface area contributed by atoms with Gasteiger partial charge in [-0.2, -0.15) is 5.10 Å². The van der Waals surface area contributed by atoms with E-state index in [1.165, 1.54) is 0 Å². The van der Waals surface area contributed by atoms with Crippen LogP contribution in [0, 0.1) is 0 Å². The van der Waals surface area contributed by atoms with Gasteiger partial charge in [-0.1, -0.05) is 23.7 Å². The van der Waals surface area contributed by atoms with Crippen molar-refractivity contribution in [2.24, 2.45) is 5.10 Å². The third-order valence-electron chi connectivity index (χ3n) is 4.76. The standard InChI is InChI=1S/C27H29ClN2O5/c1-4-32-23-14-10-21(16-26(23)34-6-3)27(31)30-29-17-20-9-13-24(25(15-20)33-5-2)35-18-19-7-11-22(28)12-8-19/h7-17H,4-6,18H2,1-3H3,(H,30,31)/b29-17+. The third-order valence-corrected chi connectivity index (χ3v) is 5.01. The first kappa shape index (κ1) is 25.9. The van der Waals surface area contributed by atoms with Crippen molar-refractivity contribution in [2.45, 2.75) is 27.4 Å². The number of hydrazone groups is 1. The molecular formula is C27H29ClN2O5. The van der Waals surface area contributed by atoms with Gasteiger partial charge in [0.1, 0.15) is 6.61 Å². The van der Waals surface area contributed by atoms with Crippen LogP contribution in [-0.2, 0) is 6.61 Å². The van der Waals surface area contributed by atoms with E-state index in [4.69, 9.17) is 30.5 Å². The highest BCUT2D eigenvalue weighted by molar-refractivity contribution is 6.30. The van der Waals surface area contributed by atoms with Crippen molar-refractivity contribution in [3.63, 3.8) is 0 Å². The number of nitrogens with zero attached hydrogens (tertiary/aromatic N) is 1. The summed E-state index contributed by atoms with van der Waals surface area (Å²) in [6.07, 6.45) is 1.54. The molecular weight excluding hydrogens is 468 g/mol. The van der Waals surface area contributed by atoms with Gasteiger partial charge in [0.15, 0.2) is 23.0 Å². The molecule has 0 fully saturated rings. The first-order chi connectivity index (χ1) is 17.0. The summed E-state index contributed by atoms with van der Waals surface area (Å²) in [7, 11) is 0. The molecule has 0 bridgehead atoms. The lowest BCUT2D eigenvalue weighted by Gasteiger charge is -2.13. The summed E-state index contributed by atoms with van der Waals surface area (Å²) >= 11 is 5.94. The predicted octanol–water partition coefficient (Wildman–Crippen LogP) is 5.88. The maximum atomic E-state index is 12.6. The zero-order valence-electron chi connectivity index (χ0n) is 20.0. The van der Waals surface area contributed by atoms with Crippen molar-refractivity contribution in [3.05, 3.63) is 82.4 Å². The molecule has 3 aromatic rings. The number of amides is 1. The minimum atomic E-state index is -0.363. The van der Waals surface area contributed by atoms with Crippen LogP contribution in [0.5, 0.6) is 23.0 Å². The SMILES string of the molecule is CCOc1ccc(C(=O)N/N=C/c2ccc(OCc3ccc(Cl)cc3)c(OCC)c2)cc1OCC. The Labute approximate surface area is 210 Å². The summed E-state index contributed by atoms with van der Waals surface area (Å²) < 4.78 is 22.8. The molecule has 0 saturated heterocycles. The molecule has 0 heterocycles. The smallest absolute Gasteiger partial charge is 0.271 e. The fourth-order valence-electron chi connectivity index (χ4n) is 3.16. The van der Waals surface area contributed by atoms with Crippen LogP contribution in [0.3, 0.4) is 0 Å². The number of benzene rings is 3. The van der Waals surface area contributed by atoms with Crippen LogP contribution < -0.4 is 24.4 Å². The van der Waals surface area contributed by atoms with E-state index >= 15 is 0 Å². The Hall–Kier alpha value is -3.71. The van der Waals surface area contributed by atoms with Crippen LogP contribution in [0.25, 0.3) is 0 Å². The van der Waals surface area contributed by atoms with Crippen molar-refractivity contribution in [2.75, 3.05) is 19.8 Å². The largest absolute Gasteiger partial charge is 0.490 e. The average Bonchev–Trinajstić information content (AvgIpc) is 2.86. The Bertz CT molecular complexity index is 1150. The molecule has 0 atom stereocenters. The van der Waals surface area contributed by atoms with E-state index in [2.05, 4.69) is 10.5 Å². The highest BCUT2D eigenvalue weighted by atomic mass is 35.5. The predicted molar refractivity (Wildman–Crippen MR) is 137 cm³/mol. The number of hydrogen-bond donors (Lipinski definition) is 1. The average molecular weight is 497 g/mol. The van der Waals surface area contributed by atoms with Gasteiger partial charge in [-0.25, -0.2) is 5.43 Å². The summed E-state index contributed by atoms with van der Waals surface area (Å²) in [6, 6.07) is 17.9. The molecule has 35 heavy (non-hydrogen) atoms. The molecule has 0 aliphatic heterocycles. The molecule has 1 N–H and O–H groups in total. The molecule has 0 aromatic heterocycles. The second-order valence-electron chi connectivity index (χ2n) is 7.28. The normalized spacial score (nSPS) is 10.7. The molecule has 1 amide bonds. The minimum absolute atomic E-state index is 0.363. The number of carbonyl (C=O) groups is 1. The molecule has 7 nitrogen and oxygen atoms in total. The molecule has 3 aromatic carbocycles. The van der Waals surface area contributed by atoms with Gasteiger partial charge >= 0.3 is 0 Å². The molecule has 0 aliphatic carbocycles. The monoisotopic (exact) mass is 496 g/mol. The van der Waals surface area contributed by atoms with Gasteiger partial charge in [-0.15, -0.1) is 0 Å². The molecule has 0 aliphatic rings. The maximum Gasteiger partial charge on any atom is 0.271 e. The lowest BCUT2D eigenvalue weighted by Crippen LogP contribution is -2.17. The van der Waals surface area contributed by atoms with Crippen LogP contribution in [-0.4, -0.2) is 31.9 Å². The first-order valence-corrected chi connectivity index (χ1v) is 11.8. The van der Waals surface area contributed by atoms with E-state index in [1.54, 1.807) is 30.5 Å². The van der Waals surface area contributed by atoms with Crippen LogP contribution in [0.4, 0.5) is 0 Å². The highest BCUT2D eigenvalue weighted by Crippen LogP contribution is 2.30. The van der Waals surface area contributed by atoms with Gasteiger partial charge in [0.25, 0.3) is 5.91 Å². The van der Waals surface area contributed by atoms with E-state index < -0.39 is 0 Å². The van der Waals surface area contributed by atoms with Gasteiger partial charge in [0, 0.05) is 10.6 Å². The van der Waals surface area contributed by atoms with Gasteiger partial charge < -0.3 is 18.9 Å². The van der Waals surface area contributed by atoms with Crippen LogP contribution in [0.1, 0.15) is 42.3 Å². The quantitative estimate of drug-likeness (QED) is 0.250. The number of halogens is 1. The van der Waals surface area contributed by atoms with Gasteiger partial charge in [-0.05, 0) is 80.4 Å². The van der Waals surface area contributed by atoms with E-state index in [1.807, 2.05) is 57.2 Å². The van der Waals surface area contributed by atoms with E-state index in [0.717, 1.165) is 11.1 Å². The van der Waals surface area contributed by atoms with Crippen molar-refractivity contribution in [1.29, 1.82) is 0 Å². The molecule has 0 unspecified atom stereocenters. The summed E-state index contributed by atoms with van der Waals surface area (Å²) in [5, 5.41) is 4.76. The van der Waals surface area contributed by atoms with Crippen LogP contribution in [0.2, 0.25) is 5.02 Å². The lowest BCUT2D eigenvalue weighted by atomic mass is 10.2. The summed E-state index contributed by atoms with van der Waals surface area (Å²) in [5.74, 6) is 1.95. The number of rotatable bonds is 12. The second-order valence-corrected chi connectivity index (χ2v) is 7.72. The zero-order valence-corrected chi connectivity index (χ0v) is 20.8. The number of hydrogen-bond acceptors (Lipinski definition) is 6. The molecule has 8 heteroatoms. The Morgan fingerprint density at radius 2 is 1.40 bits per heavy atom. The van der Waals surface area contributed by atoms with Crippen molar-refractivity contribution < 1.29 is 23.7 Å². The Kier molecular flexibility index (Phi) is 9.80.